The van der Waals surface area contributed by atoms with Gasteiger partial charge in [-0.05, 0) is 52.9 Å². The maximum atomic E-state index is 13.8. The van der Waals surface area contributed by atoms with E-state index >= 15 is 0 Å². The fraction of sp³-hybridized carbons (Fsp3) is 0.280. The zero-order chi connectivity index (χ0) is 25.1. The minimum Gasteiger partial charge on any atom is -0.480 e. The first-order chi connectivity index (χ1) is 15.8. The van der Waals surface area contributed by atoms with Crippen LogP contribution in [-0.4, -0.2) is 31.0 Å². The largest absolute Gasteiger partial charge is 0.480 e. The van der Waals surface area contributed by atoms with E-state index < -0.39 is 33.0 Å². The summed E-state index contributed by atoms with van der Waals surface area (Å²) in [6.45, 7) is 5.84. The molecule has 188 valence electrons. The first-order valence-corrected chi connectivity index (χ1v) is 12.1. The molecule has 2 aromatic carbocycles. The lowest BCUT2D eigenvalue weighted by atomic mass is 9.86. The zero-order valence-electron chi connectivity index (χ0n) is 19.7. The summed E-state index contributed by atoms with van der Waals surface area (Å²) in [7, 11) is -4.25. The van der Waals surface area contributed by atoms with Gasteiger partial charge in [0, 0.05) is 6.42 Å². The first kappa shape index (κ1) is 28.2. The molecule has 0 aliphatic rings. The number of nitrogens with one attached hydrogen (secondary N) is 1. The second kappa shape index (κ2) is 10.7. The summed E-state index contributed by atoms with van der Waals surface area (Å²) in [6, 6.07) is 16.5. The van der Waals surface area contributed by atoms with Crippen molar-refractivity contribution in [3.05, 3.63) is 89.4 Å². The van der Waals surface area contributed by atoms with E-state index in [-0.39, 0.29) is 40.7 Å². The molecule has 3 aromatic rings. The Morgan fingerprint density at radius 3 is 2.17 bits per heavy atom. The number of sulfone groups is 1. The second-order valence-corrected chi connectivity index (χ2v) is 11.3. The van der Waals surface area contributed by atoms with Crippen molar-refractivity contribution in [2.75, 3.05) is 11.9 Å². The van der Waals surface area contributed by atoms with Gasteiger partial charge in [-0.2, -0.15) is 0 Å². The van der Waals surface area contributed by atoms with Crippen LogP contribution < -0.4 is 11.1 Å². The minimum absolute atomic E-state index is 0. The monoisotopic (exact) mass is 521 g/mol. The number of hydrogen-bond acceptors (Lipinski definition) is 6. The molecule has 1 atom stereocenters. The summed E-state index contributed by atoms with van der Waals surface area (Å²) in [5.41, 5.74) is 8.37. The third-order valence-electron chi connectivity index (χ3n) is 5.49. The molecular weight excluding hydrogens is 493 g/mol. The van der Waals surface area contributed by atoms with Gasteiger partial charge in [0.05, 0.1) is 10.6 Å². The average molecular weight is 522 g/mol. The van der Waals surface area contributed by atoms with Gasteiger partial charge in [0.1, 0.15) is 18.2 Å². The van der Waals surface area contributed by atoms with Crippen molar-refractivity contribution >= 4 is 34.0 Å². The fourth-order valence-corrected chi connectivity index (χ4v) is 5.17. The summed E-state index contributed by atoms with van der Waals surface area (Å²) in [4.78, 5) is 13.1. The van der Waals surface area contributed by atoms with Gasteiger partial charge in [0.25, 0.3) is 0 Å². The van der Waals surface area contributed by atoms with E-state index in [4.69, 9.17) is 10.8 Å². The molecule has 3 rings (SSSR count). The standard InChI is InChI=1S/C25H28FN3O4S.ClH/c1-24(2,3)18-9-7-17(8-10-18)15-25(27,34(32,33)20-13-11-19(26)12-14-20)21-5-4-6-22(29-21)28-16-23(30)31;/h4-14H,15-16,27H2,1-3H3,(H,28,29)(H,30,31);1H. The number of hydrogen-bond donors (Lipinski definition) is 3. The molecule has 0 saturated carbocycles. The van der Waals surface area contributed by atoms with Crippen molar-refractivity contribution in [2.45, 2.75) is 42.4 Å². The molecule has 1 aromatic heterocycles. The molecule has 0 fully saturated rings. The predicted molar refractivity (Wildman–Crippen MR) is 136 cm³/mol. The van der Waals surface area contributed by atoms with Gasteiger partial charge in [0.15, 0.2) is 4.87 Å². The number of carbonyl (C=O) groups is 1. The SMILES string of the molecule is CC(C)(C)c1ccc(CC(N)(c2cccc(NCC(=O)O)n2)S(=O)(=O)c2ccc(F)cc2)cc1.Cl. The van der Waals surface area contributed by atoms with Gasteiger partial charge < -0.3 is 16.2 Å². The summed E-state index contributed by atoms with van der Waals surface area (Å²) in [6.07, 6.45) is -0.105. The molecule has 35 heavy (non-hydrogen) atoms. The lowest BCUT2D eigenvalue weighted by molar-refractivity contribution is -0.134. The second-order valence-electron chi connectivity index (χ2n) is 9.13. The van der Waals surface area contributed by atoms with E-state index in [0.29, 0.717) is 5.56 Å². The summed E-state index contributed by atoms with van der Waals surface area (Å²) < 4.78 is 41.0. The summed E-state index contributed by atoms with van der Waals surface area (Å²) in [5.74, 6) is -1.49. The molecule has 10 heteroatoms. The number of halogens is 2. The molecule has 0 amide bonds. The third-order valence-corrected chi connectivity index (χ3v) is 7.70. The van der Waals surface area contributed by atoms with Crippen LogP contribution in [0, 0.1) is 5.82 Å². The summed E-state index contributed by atoms with van der Waals surface area (Å²) >= 11 is 0. The Hall–Kier alpha value is -3.01. The molecule has 0 bridgehead atoms. The number of nitrogens with zero attached hydrogens (tertiary/aromatic N) is 1. The van der Waals surface area contributed by atoms with Gasteiger partial charge in [0.2, 0.25) is 9.84 Å². The number of nitrogens with two attached hydrogens (primary N) is 1. The number of pyridine rings is 1. The normalized spacial score (nSPS) is 13.4. The van der Waals surface area contributed by atoms with Crippen LogP contribution in [0.15, 0.2) is 71.6 Å². The highest BCUT2D eigenvalue weighted by Gasteiger charge is 2.44. The van der Waals surface area contributed by atoms with Gasteiger partial charge in [-0.15, -0.1) is 12.4 Å². The molecule has 0 aliphatic carbocycles. The van der Waals surface area contributed by atoms with Gasteiger partial charge in [-0.1, -0.05) is 51.1 Å². The van der Waals surface area contributed by atoms with Crippen LogP contribution in [0.4, 0.5) is 10.2 Å². The molecule has 1 unspecified atom stereocenters. The van der Waals surface area contributed by atoms with Crippen LogP contribution in [0.1, 0.15) is 37.6 Å². The Morgan fingerprint density at radius 1 is 1.03 bits per heavy atom. The maximum absolute atomic E-state index is 13.8. The number of aromatic nitrogens is 1. The van der Waals surface area contributed by atoms with Crippen molar-refractivity contribution in [3.8, 4) is 0 Å². The Kier molecular flexibility index (Phi) is 8.65. The summed E-state index contributed by atoms with van der Waals surface area (Å²) in [5, 5.41) is 11.6. The molecule has 0 saturated heterocycles. The Bertz CT molecular complexity index is 1280. The average Bonchev–Trinajstić information content (AvgIpc) is 2.78. The lowest BCUT2D eigenvalue weighted by Crippen LogP contribution is -2.47. The smallest absolute Gasteiger partial charge is 0.322 e. The number of anilines is 1. The molecule has 0 aliphatic heterocycles. The maximum Gasteiger partial charge on any atom is 0.322 e. The van der Waals surface area contributed by atoms with Crippen LogP contribution in [0.5, 0.6) is 0 Å². The zero-order valence-corrected chi connectivity index (χ0v) is 21.3. The topological polar surface area (TPSA) is 122 Å². The van der Waals surface area contributed by atoms with Gasteiger partial charge in [-0.3, -0.25) is 4.79 Å². The van der Waals surface area contributed by atoms with E-state index in [9.17, 15) is 17.6 Å². The highest BCUT2D eigenvalue weighted by Crippen LogP contribution is 2.34. The van der Waals surface area contributed by atoms with Crippen molar-refractivity contribution in [1.29, 1.82) is 0 Å². The Morgan fingerprint density at radius 2 is 1.63 bits per heavy atom. The van der Waals surface area contributed by atoms with E-state index in [0.717, 1.165) is 17.7 Å². The van der Waals surface area contributed by atoms with Crippen molar-refractivity contribution in [1.82, 2.24) is 4.98 Å². The van der Waals surface area contributed by atoms with Gasteiger partial charge in [-0.25, -0.2) is 17.8 Å². The Balaban J connectivity index is 0.00000432. The fourth-order valence-electron chi connectivity index (χ4n) is 3.51. The molecule has 7 nitrogen and oxygen atoms in total. The number of carboxylic acids is 1. The highest BCUT2D eigenvalue weighted by atomic mass is 35.5. The van der Waals surface area contributed by atoms with Crippen molar-refractivity contribution < 1.29 is 22.7 Å². The minimum atomic E-state index is -4.25. The molecule has 0 spiro atoms. The van der Waals surface area contributed by atoms with Crippen LogP contribution in [0.2, 0.25) is 0 Å². The molecule has 0 radical (unpaired) electrons. The molecular formula is C25H29ClFN3O4S. The first-order valence-electron chi connectivity index (χ1n) is 10.6. The van der Waals surface area contributed by atoms with Crippen LogP contribution in [0.3, 0.4) is 0 Å². The van der Waals surface area contributed by atoms with E-state index in [1.807, 2.05) is 24.3 Å². The van der Waals surface area contributed by atoms with Crippen LogP contribution >= 0.6 is 12.4 Å². The van der Waals surface area contributed by atoms with E-state index in [1.54, 1.807) is 6.07 Å². The predicted octanol–water partition coefficient (Wildman–Crippen LogP) is 4.26. The van der Waals surface area contributed by atoms with Gasteiger partial charge >= 0.3 is 5.97 Å². The molecule has 4 N–H and O–H groups in total. The highest BCUT2D eigenvalue weighted by molar-refractivity contribution is 7.92. The number of aliphatic carboxylic acids is 1. The van der Waals surface area contributed by atoms with Crippen molar-refractivity contribution in [2.24, 2.45) is 5.73 Å². The number of benzene rings is 2. The lowest BCUT2D eigenvalue weighted by Gasteiger charge is -2.30. The Labute approximate surface area is 210 Å². The van der Waals surface area contributed by atoms with Crippen LogP contribution in [-0.2, 0) is 31.3 Å². The third kappa shape index (κ3) is 6.36. The quantitative estimate of drug-likeness (QED) is 0.378. The van der Waals surface area contributed by atoms with E-state index in [1.165, 1.54) is 24.3 Å². The van der Waals surface area contributed by atoms with Crippen LogP contribution in [0.25, 0.3) is 0 Å². The van der Waals surface area contributed by atoms with Crippen molar-refractivity contribution in [3.63, 3.8) is 0 Å². The number of rotatable bonds is 8. The number of carboxylic acid groups (broad SMARTS) is 1. The molecule has 1 heterocycles. The van der Waals surface area contributed by atoms with E-state index in [2.05, 4.69) is 31.1 Å².